The van der Waals surface area contributed by atoms with Crippen molar-refractivity contribution in [3.8, 4) is 0 Å². The van der Waals surface area contributed by atoms with Crippen LogP contribution in [0.5, 0.6) is 0 Å². The number of unbranched alkanes of at least 4 members (excludes halogenated alkanes) is 1. The van der Waals surface area contributed by atoms with Gasteiger partial charge in [-0.2, -0.15) is 0 Å². The van der Waals surface area contributed by atoms with E-state index in [1.165, 1.54) is 25.7 Å². The van der Waals surface area contributed by atoms with Crippen LogP contribution in [0.1, 0.15) is 39.5 Å². The van der Waals surface area contributed by atoms with Crippen LogP contribution in [0.15, 0.2) is 40.0 Å². The molecule has 1 aromatic rings. The predicted molar refractivity (Wildman–Crippen MR) is 69.7 cm³/mol. The number of hydrogen-bond acceptors (Lipinski definition) is 0. The minimum absolute atomic E-state index is 0.0843. The zero-order valence-corrected chi connectivity index (χ0v) is 12.0. The Kier molecular flexibility index (Phi) is 6.81. The summed E-state index contributed by atoms with van der Waals surface area (Å²) in [5, 5.41) is 0. The van der Waals surface area contributed by atoms with Crippen LogP contribution < -0.4 is 3.61 Å². The molecule has 0 unspecified atom stereocenters. The Morgan fingerprint density at radius 2 is 1.93 bits per heavy atom. The first-order chi connectivity index (χ1) is 7.36. The molecule has 1 heteroatoms. The van der Waals surface area contributed by atoms with E-state index < -0.39 is 0 Å². The first kappa shape index (κ1) is 12.8. The summed E-state index contributed by atoms with van der Waals surface area (Å²) in [4.78, 5) is 0. The molecule has 0 radical (unpaired) electrons. The number of hydrogen-bond donors (Lipinski definition) is 0. The molecule has 0 heterocycles. The molecule has 0 N–H and O–H groups in total. The summed E-state index contributed by atoms with van der Waals surface area (Å²) in [6.45, 7) is 4.51. The quantitative estimate of drug-likeness (QED) is 0.705. The Labute approximate surface area is 104 Å². The maximum atomic E-state index is 2.45. The van der Waals surface area contributed by atoms with Gasteiger partial charge in [-0.25, -0.2) is 0 Å². The molecule has 0 atom stereocenters. The van der Waals surface area contributed by atoms with Gasteiger partial charge in [0.05, 0.1) is 0 Å². The molecule has 1 aromatic carbocycles. The summed E-state index contributed by atoms with van der Waals surface area (Å²) < 4.78 is 3.30. The second-order valence-corrected chi connectivity index (χ2v) is 7.02. The predicted octanol–water partition coefficient (Wildman–Crippen LogP) is 3.50. The summed E-state index contributed by atoms with van der Waals surface area (Å²) in [7, 11) is 0. The molecule has 0 fully saturated rings. The molecule has 0 amide bonds. The standard InChI is InChI=1S/C14H20Te/c1-3-5-10-13(9-4-2)15-14-11-7-6-8-12-14/h6-9,11-12H,3-5,10H2,1-2H3/b13-9+. The molecule has 0 saturated heterocycles. The van der Waals surface area contributed by atoms with Crippen molar-refractivity contribution >= 4 is 24.5 Å². The Balaban J connectivity index is 2.55. The minimum atomic E-state index is -0.0843. The molecule has 0 aliphatic carbocycles. The third-order valence-electron chi connectivity index (χ3n) is 2.20. The van der Waals surface area contributed by atoms with E-state index in [0.717, 1.165) is 0 Å². The van der Waals surface area contributed by atoms with Crippen LogP contribution in [0.2, 0.25) is 0 Å². The molecule has 0 bridgehead atoms. The topological polar surface area (TPSA) is 0 Å². The van der Waals surface area contributed by atoms with Crippen LogP contribution in [0.4, 0.5) is 0 Å². The van der Waals surface area contributed by atoms with Crippen molar-refractivity contribution in [2.45, 2.75) is 39.5 Å². The molecular formula is C14H20Te. The Bertz CT molecular complexity index is 287. The third kappa shape index (κ3) is 5.40. The Morgan fingerprint density at radius 1 is 1.20 bits per heavy atom. The van der Waals surface area contributed by atoms with E-state index in [4.69, 9.17) is 0 Å². The van der Waals surface area contributed by atoms with Crippen molar-refractivity contribution in [3.05, 3.63) is 40.0 Å². The fourth-order valence-electron chi connectivity index (χ4n) is 1.41. The first-order valence-corrected chi connectivity index (χ1v) is 8.11. The molecule has 82 valence electrons. The van der Waals surface area contributed by atoms with Gasteiger partial charge in [-0.3, -0.25) is 0 Å². The van der Waals surface area contributed by atoms with Crippen molar-refractivity contribution in [3.63, 3.8) is 0 Å². The molecule has 0 aliphatic rings. The van der Waals surface area contributed by atoms with Gasteiger partial charge < -0.3 is 0 Å². The normalized spacial score (nSPS) is 11.7. The van der Waals surface area contributed by atoms with Crippen molar-refractivity contribution in [1.29, 1.82) is 0 Å². The first-order valence-electron chi connectivity index (χ1n) is 5.78. The van der Waals surface area contributed by atoms with Gasteiger partial charge in [-0.05, 0) is 0 Å². The van der Waals surface area contributed by atoms with E-state index in [0.29, 0.717) is 0 Å². The van der Waals surface area contributed by atoms with Gasteiger partial charge in [-0.1, -0.05) is 0 Å². The van der Waals surface area contributed by atoms with E-state index in [-0.39, 0.29) is 20.9 Å². The maximum absolute atomic E-state index is 2.45. The van der Waals surface area contributed by atoms with Gasteiger partial charge in [0.2, 0.25) is 0 Å². The second-order valence-electron chi connectivity index (χ2n) is 3.60. The fraction of sp³-hybridized carbons (Fsp3) is 0.429. The molecule has 0 saturated carbocycles. The zero-order valence-electron chi connectivity index (χ0n) is 9.70. The summed E-state index contributed by atoms with van der Waals surface area (Å²) in [5.41, 5.74) is 0. The summed E-state index contributed by atoms with van der Waals surface area (Å²) in [5.74, 6) is 0. The Morgan fingerprint density at radius 3 is 2.53 bits per heavy atom. The van der Waals surface area contributed by atoms with Gasteiger partial charge in [0.1, 0.15) is 0 Å². The summed E-state index contributed by atoms with van der Waals surface area (Å²) >= 11 is -0.0843. The van der Waals surface area contributed by atoms with Crippen molar-refractivity contribution in [2.24, 2.45) is 0 Å². The van der Waals surface area contributed by atoms with Crippen LogP contribution in [0.25, 0.3) is 0 Å². The van der Waals surface area contributed by atoms with Crippen LogP contribution in [-0.2, 0) is 0 Å². The fourth-order valence-corrected chi connectivity index (χ4v) is 4.53. The number of allylic oxidation sites excluding steroid dienone is 2. The van der Waals surface area contributed by atoms with Crippen molar-refractivity contribution in [2.75, 3.05) is 0 Å². The molecule has 1 rings (SSSR count). The van der Waals surface area contributed by atoms with Crippen LogP contribution >= 0.6 is 0 Å². The van der Waals surface area contributed by atoms with Crippen LogP contribution in [0, 0.1) is 0 Å². The number of rotatable bonds is 6. The van der Waals surface area contributed by atoms with Gasteiger partial charge in [0.25, 0.3) is 0 Å². The van der Waals surface area contributed by atoms with E-state index in [1.807, 2.05) is 0 Å². The van der Waals surface area contributed by atoms with Crippen molar-refractivity contribution < 1.29 is 0 Å². The van der Waals surface area contributed by atoms with Crippen LogP contribution in [0.3, 0.4) is 0 Å². The van der Waals surface area contributed by atoms with Gasteiger partial charge in [0.15, 0.2) is 0 Å². The second kappa shape index (κ2) is 7.97. The van der Waals surface area contributed by atoms with Gasteiger partial charge in [-0.15, -0.1) is 0 Å². The summed E-state index contributed by atoms with van der Waals surface area (Å²) in [6.07, 6.45) is 7.62. The molecule has 15 heavy (non-hydrogen) atoms. The SMILES string of the molecule is CC/C=C(\CCCC)[Te]c1ccccc1. The molecule has 0 spiro atoms. The average Bonchev–Trinajstić information content (AvgIpc) is 2.28. The van der Waals surface area contributed by atoms with E-state index >= 15 is 0 Å². The molecular weight excluding hydrogens is 296 g/mol. The zero-order chi connectivity index (χ0) is 10.9. The van der Waals surface area contributed by atoms with Gasteiger partial charge in [0, 0.05) is 0 Å². The number of benzene rings is 1. The third-order valence-corrected chi connectivity index (χ3v) is 5.46. The summed E-state index contributed by atoms with van der Waals surface area (Å²) in [6, 6.07) is 11.0. The van der Waals surface area contributed by atoms with Crippen molar-refractivity contribution in [1.82, 2.24) is 0 Å². The molecule has 0 nitrogen and oxygen atoms in total. The van der Waals surface area contributed by atoms with E-state index in [2.05, 4.69) is 50.3 Å². The molecule has 0 aromatic heterocycles. The monoisotopic (exact) mass is 318 g/mol. The molecule has 0 aliphatic heterocycles. The average molecular weight is 316 g/mol. The van der Waals surface area contributed by atoms with E-state index in [9.17, 15) is 0 Å². The Hall–Kier alpha value is -0.250. The van der Waals surface area contributed by atoms with Crippen LogP contribution in [-0.4, -0.2) is 20.9 Å². The van der Waals surface area contributed by atoms with Gasteiger partial charge >= 0.3 is 104 Å². The van der Waals surface area contributed by atoms with E-state index in [1.54, 1.807) is 7.23 Å².